The van der Waals surface area contributed by atoms with Gasteiger partial charge in [0, 0.05) is 13.1 Å². The van der Waals surface area contributed by atoms with Crippen molar-refractivity contribution in [2.45, 2.75) is 57.5 Å². The number of piperidine rings is 1. The Bertz CT molecular complexity index is 1200. The molecule has 0 spiro atoms. The van der Waals surface area contributed by atoms with Crippen molar-refractivity contribution in [1.29, 1.82) is 0 Å². The summed E-state index contributed by atoms with van der Waals surface area (Å²) in [6.45, 7) is 0.913. The number of carboxylic acid groups (broad SMARTS) is 1. The molecule has 2 aliphatic rings. The fourth-order valence-corrected chi connectivity index (χ4v) is 5.14. The number of nitrogens with zero attached hydrogens (tertiary/aromatic N) is 1. The third-order valence-corrected chi connectivity index (χ3v) is 7.47. The molecular formula is C27H28F6N2O4. The molecule has 1 aliphatic carbocycles. The standard InChI is InChI=1S/C27H28F6N2O4/c28-26(29,30)19-9-18(10-20(12-19)27(31,32)33)14-34-24(39)25(13-16-1-2-16)5-7-35(8-6-25)15-17-3-4-22(36)21(11-17)23(37)38/h3-4,9-12,16,36H,1-2,5-8,13-15H2,(H,34,39)(H,37,38). The number of carbonyl (C=O) groups excluding carboxylic acids is 1. The smallest absolute Gasteiger partial charge is 0.416 e. The highest BCUT2D eigenvalue weighted by atomic mass is 19.4. The van der Waals surface area contributed by atoms with Crippen molar-refractivity contribution in [2.24, 2.45) is 11.3 Å². The van der Waals surface area contributed by atoms with Crippen molar-refractivity contribution in [3.8, 4) is 5.75 Å². The summed E-state index contributed by atoms with van der Waals surface area (Å²) in [5, 5.41) is 21.6. The van der Waals surface area contributed by atoms with Gasteiger partial charge < -0.3 is 15.5 Å². The van der Waals surface area contributed by atoms with Gasteiger partial charge in [-0.2, -0.15) is 26.3 Å². The van der Waals surface area contributed by atoms with E-state index in [1.165, 1.54) is 12.1 Å². The molecule has 1 heterocycles. The maximum Gasteiger partial charge on any atom is 0.416 e. The monoisotopic (exact) mass is 558 g/mol. The van der Waals surface area contributed by atoms with Crippen molar-refractivity contribution in [1.82, 2.24) is 10.2 Å². The molecule has 0 radical (unpaired) electrons. The first-order valence-electron chi connectivity index (χ1n) is 12.5. The molecule has 12 heteroatoms. The minimum absolute atomic E-state index is 0.0587. The van der Waals surface area contributed by atoms with Gasteiger partial charge in [0.15, 0.2) is 0 Å². The number of benzene rings is 2. The van der Waals surface area contributed by atoms with Gasteiger partial charge in [0.25, 0.3) is 0 Å². The van der Waals surface area contributed by atoms with Crippen molar-refractivity contribution >= 4 is 11.9 Å². The van der Waals surface area contributed by atoms with E-state index >= 15 is 0 Å². The number of likely N-dealkylation sites (tertiary alicyclic amines) is 1. The second-order valence-corrected chi connectivity index (χ2v) is 10.5. The maximum absolute atomic E-state index is 13.4. The molecule has 1 saturated heterocycles. The third-order valence-electron chi connectivity index (χ3n) is 7.47. The number of nitrogens with one attached hydrogen (secondary N) is 1. The fraction of sp³-hybridized carbons (Fsp3) is 0.481. The predicted molar refractivity (Wildman–Crippen MR) is 128 cm³/mol. The molecule has 0 atom stereocenters. The first kappa shape index (κ1) is 28.7. The summed E-state index contributed by atoms with van der Waals surface area (Å²) in [5.41, 5.74) is -3.48. The number of hydrogen-bond acceptors (Lipinski definition) is 4. The quantitative estimate of drug-likeness (QED) is 0.355. The lowest BCUT2D eigenvalue weighted by Gasteiger charge is -2.41. The number of hydrogen-bond donors (Lipinski definition) is 3. The molecule has 2 aromatic carbocycles. The number of phenols is 1. The first-order chi connectivity index (χ1) is 18.2. The molecule has 2 aromatic rings. The van der Waals surface area contributed by atoms with Crippen LogP contribution < -0.4 is 5.32 Å². The summed E-state index contributed by atoms with van der Waals surface area (Å²) in [7, 11) is 0. The van der Waals surface area contributed by atoms with Crippen LogP contribution in [0.4, 0.5) is 26.3 Å². The van der Waals surface area contributed by atoms with Gasteiger partial charge in [0.2, 0.25) is 5.91 Å². The molecule has 212 valence electrons. The molecule has 2 fully saturated rings. The van der Waals surface area contributed by atoms with Crippen molar-refractivity contribution in [3.63, 3.8) is 0 Å². The number of carboxylic acids is 1. The van der Waals surface area contributed by atoms with E-state index in [0.717, 1.165) is 12.8 Å². The van der Waals surface area contributed by atoms with Crippen LogP contribution in [0.3, 0.4) is 0 Å². The van der Waals surface area contributed by atoms with Gasteiger partial charge >= 0.3 is 18.3 Å². The lowest BCUT2D eigenvalue weighted by Crippen LogP contribution is -2.48. The minimum atomic E-state index is -4.97. The van der Waals surface area contributed by atoms with E-state index in [2.05, 4.69) is 5.32 Å². The van der Waals surface area contributed by atoms with E-state index in [1.54, 1.807) is 6.07 Å². The topological polar surface area (TPSA) is 89.9 Å². The number of aromatic hydroxyl groups is 1. The van der Waals surface area contributed by atoms with E-state index < -0.39 is 47.3 Å². The van der Waals surface area contributed by atoms with Crippen LogP contribution >= 0.6 is 0 Å². The molecule has 4 rings (SSSR count). The first-order valence-corrected chi connectivity index (χ1v) is 12.5. The molecule has 39 heavy (non-hydrogen) atoms. The summed E-state index contributed by atoms with van der Waals surface area (Å²) >= 11 is 0. The van der Waals surface area contributed by atoms with Crippen LogP contribution in [0.15, 0.2) is 36.4 Å². The Labute approximate surface area is 220 Å². The molecule has 0 unspecified atom stereocenters. The zero-order chi connectivity index (χ0) is 28.6. The average Bonchev–Trinajstić information content (AvgIpc) is 3.67. The highest BCUT2D eigenvalue weighted by Gasteiger charge is 2.45. The number of aromatic carboxylic acids is 1. The number of halogens is 6. The van der Waals surface area contributed by atoms with Gasteiger partial charge in [-0.15, -0.1) is 0 Å². The Morgan fingerprint density at radius 2 is 1.51 bits per heavy atom. The molecule has 1 amide bonds. The van der Waals surface area contributed by atoms with Gasteiger partial charge in [0.05, 0.1) is 16.5 Å². The molecule has 3 N–H and O–H groups in total. The zero-order valence-corrected chi connectivity index (χ0v) is 20.8. The van der Waals surface area contributed by atoms with Crippen LogP contribution in [0.25, 0.3) is 0 Å². The van der Waals surface area contributed by atoms with Crippen molar-refractivity contribution < 1.29 is 46.1 Å². The average molecular weight is 559 g/mol. The Hall–Kier alpha value is -3.28. The number of amides is 1. The van der Waals surface area contributed by atoms with E-state index in [9.17, 15) is 46.1 Å². The summed E-state index contributed by atoms with van der Waals surface area (Å²) in [6, 6.07) is 5.61. The van der Waals surface area contributed by atoms with Crippen LogP contribution in [0.1, 0.15) is 64.7 Å². The SMILES string of the molecule is O=C(O)c1cc(CN2CCC(CC3CC3)(C(=O)NCc3cc(C(F)(F)F)cc(C(F)(F)F)c3)CC2)ccc1O. The van der Waals surface area contributed by atoms with E-state index in [-0.39, 0.29) is 22.9 Å². The van der Waals surface area contributed by atoms with Gasteiger partial charge in [-0.25, -0.2) is 4.79 Å². The van der Waals surface area contributed by atoms with E-state index in [0.29, 0.717) is 62.5 Å². The summed E-state index contributed by atoms with van der Waals surface area (Å²) in [4.78, 5) is 26.7. The molecular weight excluding hydrogens is 530 g/mol. The van der Waals surface area contributed by atoms with E-state index in [1.807, 2.05) is 4.90 Å². The normalized spacial score (nSPS) is 18.1. The molecule has 1 aliphatic heterocycles. The van der Waals surface area contributed by atoms with Crippen LogP contribution in [0.2, 0.25) is 0 Å². The Morgan fingerprint density at radius 3 is 2.03 bits per heavy atom. The summed E-state index contributed by atoms with van der Waals surface area (Å²) < 4.78 is 79.3. The second-order valence-electron chi connectivity index (χ2n) is 10.5. The summed E-state index contributed by atoms with van der Waals surface area (Å²) in [5.74, 6) is -1.63. The Balaban J connectivity index is 1.45. The van der Waals surface area contributed by atoms with Crippen LogP contribution in [-0.4, -0.2) is 40.1 Å². The van der Waals surface area contributed by atoms with Gasteiger partial charge in [0.1, 0.15) is 11.3 Å². The summed E-state index contributed by atoms with van der Waals surface area (Å²) in [6.07, 6.45) is -6.54. The Morgan fingerprint density at radius 1 is 0.923 bits per heavy atom. The fourth-order valence-electron chi connectivity index (χ4n) is 5.14. The van der Waals surface area contributed by atoms with Crippen molar-refractivity contribution in [3.05, 3.63) is 64.2 Å². The third kappa shape index (κ3) is 7.03. The van der Waals surface area contributed by atoms with Gasteiger partial charge in [-0.3, -0.25) is 9.69 Å². The number of carbonyl (C=O) groups is 2. The molecule has 0 bridgehead atoms. The number of alkyl halides is 6. The molecule has 0 aromatic heterocycles. The predicted octanol–water partition coefficient (Wildman–Crippen LogP) is 5.83. The Kier molecular flexibility index (Phi) is 7.89. The van der Waals surface area contributed by atoms with Crippen LogP contribution in [0.5, 0.6) is 5.75 Å². The maximum atomic E-state index is 13.4. The van der Waals surface area contributed by atoms with Gasteiger partial charge in [-0.05, 0) is 79.7 Å². The molecule has 1 saturated carbocycles. The highest BCUT2D eigenvalue weighted by Crippen LogP contribution is 2.46. The zero-order valence-electron chi connectivity index (χ0n) is 20.8. The minimum Gasteiger partial charge on any atom is -0.507 e. The lowest BCUT2D eigenvalue weighted by atomic mass is 9.73. The number of rotatable bonds is 8. The van der Waals surface area contributed by atoms with Crippen LogP contribution in [0, 0.1) is 11.3 Å². The second kappa shape index (κ2) is 10.7. The lowest BCUT2D eigenvalue weighted by molar-refractivity contribution is -0.143. The van der Waals surface area contributed by atoms with Gasteiger partial charge in [-0.1, -0.05) is 18.9 Å². The van der Waals surface area contributed by atoms with Crippen molar-refractivity contribution in [2.75, 3.05) is 13.1 Å². The van der Waals surface area contributed by atoms with E-state index in [4.69, 9.17) is 0 Å². The largest absolute Gasteiger partial charge is 0.507 e. The highest BCUT2D eigenvalue weighted by molar-refractivity contribution is 5.90. The molecule has 6 nitrogen and oxygen atoms in total. The van der Waals surface area contributed by atoms with Crippen LogP contribution in [-0.2, 0) is 30.2 Å².